The minimum atomic E-state index is -5.70. The highest BCUT2D eigenvalue weighted by Gasteiger charge is 2.66. The topological polar surface area (TPSA) is 62.1 Å². The third-order valence-electron chi connectivity index (χ3n) is 3.54. The second-order valence-electron chi connectivity index (χ2n) is 5.58. The van der Waals surface area contributed by atoms with Gasteiger partial charge in [0.05, 0.1) is 0 Å². The second kappa shape index (κ2) is 6.68. The summed E-state index contributed by atoms with van der Waals surface area (Å²) in [5.41, 5.74) is -2.95. The fraction of sp³-hybridized carbons (Fsp3) is 0.467. The summed E-state index contributed by atoms with van der Waals surface area (Å²) < 4.78 is 67.2. The van der Waals surface area contributed by atoms with Crippen molar-refractivity contribution in [1.29, 1.82) is 0 Å². The fourth-order valence-electron chi connectivity index (χ4n) is 2.44. The minimum absolute atomic E-state index is 0.0169. The van der Waals surface area contributed by atoms with Crippen molar-refractivity contribution in [3.8, 4) is 0 Å². The van der Waals surface area contributed by atoms with E-state index in [1.54, 1.807) is 30.3 Å². The summed E-state index contributed by atoms with van der Waals surface area (Å²) in [6.45, 7) is 1.21. The number of hydrogen-bond acceptors (Lipinski definition) is 4. The monoisotopic (exact) mass is 366 g/mol. The molecule has 1 amide bonds. The van der Waals surface area contributed by atoms with Gasteiger partial charge in [-0.15, -0.1) is 13.2 Å². The lowest BCUT2D eigenvalue weighted by molar-refractivity contribution is -0.469. The summed E-state index contributed by atoms with van der Waals surface area (Å²) in [6.07, 6.45) is -11.9. The van der Waals surface area contributed by atoms with Crippen LogP contribution >= 0.6 is 0 Å². The number of ether oxygens (including phenoxy) is 1. The first-order valence-corrected chi connectivity index (χ1v) is 7.23. The molecule has 0 unspecified atom stereocenters. The first-order valence-electron chi connectivity index (χ1n) is 7.23. The predicted octanol–water partition coefficient (Wildman–Crippen LogP) is 3.05. The van der Waals surface area contributed by atoms with Gasteiger partial charge in [0.25, 0.3) is 5.72 Å². The molecule has 0 bridgehead atoms. The molecule has 1 heterocycles. The first kappa shape index (κ1) is 19.3. The van der Waals surface area contributed by atoms with Gasteiger partial charge < -0.3 is 5.11 Å². The smallest absolute Gasteiger partial charge is 0.362 e. The number of amides is 1. The molecule has 1 aliphatic heterocycles. The summed E-state index contributed by atoms with van der Waals surface area (Å²) in [7, 11) is 0. The van der Waals surface area contributed by atoms with E-state index in [4.69, 9.17) is 0 Å². The Kier molecular flexibility index (Phi) is 5.14. The number of carbonyl (C=O) groups excluding carboxylic acids is 1. The number of hydrazone groups is 1. The molecule has 0 saturated carbocycles. The van der Waals surface area contributed by atoms with Crippen LogP contribution in [0.5, 0.6) is 0 Å². The number of aliphatic hydroxyl groups is 1. The van der Waals surface area contributed by atoms with Gasteiger partial charge in [-0.2, -0.15) is 18.9 Å². The van der Waals surface area contributed by atoms with Crippen molar-refractivity contribution in [3.63, 3.8) is 0 Å². The van der Waals surface area contributed by atoms with E-state index in [9.17, 15) is 31.9 Å². The summed E-state index contributed by atoms with van der Waals surface area (Å²) in [4.78, 5) is 12.2. The van der Waals surface area contributed by atoms with Gasteiger partial charge in [-0.05, 0) is 18.9 Å². The number of aryl methyl sites for hydroxylation is 1. The van der Waals surface area contributed by atoms with E-state index in [1.165, 1.54) is 6.92 Å². The van der Waals surface area contributed by atoms with Crippen molar-refractivity contribution in [2.75, 3.05) is 0 Å². The van der Waals surface area contributed by atoms with Crippen LogP contribution in [0.4, 0.5) is 22.0 Å². The molecule has 25 heavy (non-hydrogen) atoms. The first-order chi connectivity index (χ1) is 11.4. The lowest BCUT2D eigenvalue weighted by Gasteiger charge is -2.36. The van der Waals surface area contributed by atoms with Gasteiger partial charge >= 0.3 is 12.5 Å². The molecular formula is C15H15F5N2O3. The van der Waals surface area contributed by atoms with Crippen molar-refractivity contribution in [2.45, 2.75) is 44.4 Å². The van der Waals surface area contributed by atoms with Gasteiger partial charge in [-0.3, -0.25) is 4.79 Å². The van der Waals surface area contributed by atoms with Crippen LogP contribution in [0.2, 0.25) is 0 Å². The van der Waals surface area contributed by atoms with Gasteiger partial charge in [0, 0.05) is 18.6 Å². The van der Waals surface area contributed by atoms with Crippen LogP contribution < -0.4 is 0 Å². The molecule has 10 heteroatoms. The Morgan fingerprint density at radius 1 is 1.28 bits per heavy atom. The molecule has 138 valence electrons. The maximum atomic E-state index is 13.9. The number of benzene rings is 1. The number of nitrogens with zero attached hydrogens (tertiary/aromatic N) is 2. The quantitative estimate of drug-likeness (QED) is 0.815. The molecular weight excluding hydrogens is 351 g/mol. The number of carbonyl (C=O) groups is 1. The highest BCUT2D eigenvalue weighted by molar-refractivity contribution is 5.89. The van der Waals surface area contributed by atoms with Gasteiger partial charge in [0.2, 0.25) is 5.91 Å². The summed E-state index contributed by atoms with van der Waals surface area (Å²) >= 11 is 0. The van der Waals surface area contributed by atoms with E-state index in [1.807, 2.05) is 0 Å². The van der Waals surface area contributed by atoms with Crippen LogP contribution in [0.3, 0.4) is 0 Å². The Morgan fingerprint density at radius 3 is 2.44 bits per heavy atom. The third-order valence-corrected chi connectivity index (χ3v) is 3.54. The summed E-state index contributed by atoms with van der Waals surface area (Å²) in [6, 6.07) is 8.55. The number of rotatable bonds is 5. The van der Waals surface area contributed by atoms with Gasteiger partial charge in [-0.1, -0.05) is 30.3 Å². The fourth-order valence-corrected chi connectivity index (χ4v) is 2.44. The highest BCUT2D eigenvalue weighted by atomic mass is 19.4. The summed E-state index contributed by atoms with van der Waals surface area (Å²) in [5, 5.41) is 13.6. The molecule has 0 saturated heterocycles. The lowest BCUT2D eigenvalue weighted by atomic mass is 10.1. The standard InChI is InChI=1S/C15H15F5N2O3/c1-10-9-13(24,14(16,17)25-15(18,19)20)22(21-10)12(23)8-7-11-5-3-2-4-6-11/h2-6,24H,7-9H2,1H3/t13-/m0/s1. The Balaban J connectivity index is 2.17. The predicted molar refractivity (Wildman–Crippen MR) is 76.4 cm³/mol. The molecule has 1 atom stereocenters. The Morgan fingerprint density at radius 2 is 1.88 bits per heavy atom. The normalized spacial score (nSPS) is 21.4. The molecule has 1 aliphatic rings. The second-order valence-corrected chi connectivity index (χ2v) is 5.58. The van der Waals surface area contributed by atoms with Gasteiger partial charge in [-0.25, -0.2) is 4.74 Å². The van der Waals surface area contributed by atoms with Crippen molar-refractivity contribution in [1.82, 2.24) is 5.01 Å². The zero-order valence-electron chi connectivity index (χ0n) is 13.1. The Bertz CT molecular complexity index is 663. The van der Waals surface area contributed by atoms with E-state index in [0.29, 0.717) is 0 Å². The highest BCUT2D eigenvalue weighted by Crippen LogP contribution is 2.43. The van der Waals surface area contributed by atoms with Gasteiger partial charge in [0.15, 0.2) is 0 Å². The molecule has 0 fully saturated rings. The van der Waals surface area contributed by atoms with E-state index < -0.39 is 30.5 Å². The largest absolute Gasteiger partial charge is 0.527 e. The van der Waals surface area contributed by atoms with E-state index in [2.05, 4.69) is 9.84 Å². The van der Waals surface area contributed by atoms with E-state index in [0.717, 1.165) is 5.56 Å². The van der Waals surface area contributed by atoms with E-state index >= 15 is 0 Å². The maximum Gasteiger partial charge on any atom is 0.527 e. The molecule has 2 rings (SSSR count). The third kappa shape index (κ3) is 4.31. The van der Waals surface area contributed by atoms with Crippen LogP contribution in [0.1, 0.15) is 25.3 Å². The van der Waals surface area contributed by atoms with Crippen LogP contribution in [0.15, 0.2) is 35.4 Å². The molecule has 0 radical (unpaired) electrons. The lowest BCUT2D eigenvalue weighted by Crippen LogP contribution is -2.61. The van der Waals surface area contributed by atoms with Crippen molar-refractivity contribution in [2.24, 2.45) is 5.10 Å². The van der Waals surface area contributed by atoms with Crippen LogP contribution in [-0.2, 0) is 16.0 Å². The van der Waals surface area contributed by atoms with Crippen molar-refractivity contribution in [3.05, 3.63) is 35.9 Å². The van der Waals surface area contributed by atoms with Crippen LogP contribution in [-0.4, -0.2) is 39.9 Å². The zero-order valence-corrected chi connectivity index (χ0v) is 13.1. The van der Waals surface area contributed by atoms with Crippen LogP contribution in [0.25, 0.3) is 0 Å². The molecule has 0 spiro atoms. The minimum Gasteiger partial charge on any atom is -0.362 e. The SMILES string of the molecule is CC1=NN(C(=O)CCc2ccccc2)[C@@](O)(C(F)(F)OC(F)(F)F)C1. The number of alkyl halides is 5. The molecule has 5 nitrogen and oxygen atoms in total. The molecule has 1 aromatic rings. The van der Waals surface area contributed by atoms with E-state index in [-0.39, 0.29) is 23.6 Å². The maximum absolute atomic E-state index is 13.9. The van der Waals surface area contributed by atoms with Crippen molar-refractivity contribution < 1.29 is 36.6 Å². The summed E-state index contributed by atoms with van der Waals surface area (Å²) in [5.74, 6) is -1.05. The molecule has 0 aromatic heterocycles. The van der Waals surface area contributed by atoms with Gasteiger partial charge in [0.1, 0.15) is 0 Å². The molecule has 1 N–H and O–H groups in total. The Labute approximate surface area is 139 Å². The average molecular weight is 366 g/mol. The average Bonchev–Trinajstić information content (AvgIpc) is 2.80. The molecule has 0 aliphatic carbocycles. The van der Waals surface area contributed by atoms with Crippen molar-refractivity contribution >= 4 is 11.6 Å². The molecule has 1 aromatic carbocycles. The Hall–Kier alpha value is -2.07. The zero-order chi connectivity index (χ0) is 18.9. The van der Waals surface area contributed by atoms with Crippen LogP contribution in [0, 0.1) is 0 Å². The number of halogens is 5. The number of hydrogen-bond donors (Lipinski definition) is 1.